The summed E-state index contributed by atoms with van der Waals surface area (Å²) < 4.78 is 49.8. The molecule has 0 aliphatic rings. The number of hydrogen-bond donors (Lipinski definition) is 2. The van der Waals surface area contributed by atoms with Crippen molar-refractivity contribution in [2.75, 3.05) is 13.2 Å². The first kappa shape index (κ1) is 58.3. The van der Waals surface area contributed by atoms with Crippen molar-refractivity contribution in [1.29, 1.82) is 0 Å². The summed E-state index contributed by atoms with van der Waals surface area (Å²) in [4.78, 5) is 18.8. The van der Waals surface area contributed by atoms with Crippen molar-refractivity contribution in [3.63, 3.8) is 0 Å². The topological polar surface area (TPSA) is 112 Å². The first-order valence-electron chi connectivity index (χ1n) is 25.5. The summed E-state index contributed by atoms with van der Waals surface area (Å²) >= 11 is 0. The third-order valence-electron chi connectivity index (χ3n) is 11.9. The van der Waals surface area contributed by atoms with Gasteiger partial charge < -0.3 is 14.3 Å². The summed E-state index contributed by atoms with van der Waals surface area (Å²) in [7, 11) is -8.71. The van der Waals surface area contributed by atoms with Crippen molar-refractivity contribution in [3.05, 3.63) is 28.8 Å². The Labute approximate surface area is 377 Å². The maximum Gasteiger partial charge on any atom is 0.530 e. The molecule has 0 heterocycles. The summed E-state index contributed by atoms with van der Waals surface area (Å²) in [6, 6.07) is 3.66. The second-order valence-electron chi connectivity index (χ2n) is 20.1. The lowest BCUT2D eigenvalue weighted by molar-refractivity contribution is 0.149. The standard InChI is InChI=1S/C51H98O8P2/c1-9-11-13-15-17-19-21-23-25-27-29-31-33-35-37-39-41-56-61(55,57-42-40-38-36-34-32-30-28-26-24-22-20-18-16-14-12-10-2)59-49-47(50(3,4)5)43-46(45-58-60(52,53)54)44-48(49)51(6,7)8/h43-44H,9-42,45H2,1-8H3,(H2,52,53,54). The summed E-state index contributed by atoms with van der Waals surface area (Å²) in [5.74, 6) is 0.446. The molecule has 0 aliphatic carbocycles. The number of benzene rings is 1. The summed E-state index contributed by atoms with van der Waals surface area (Å²) in [5, 5.41) is 0. The van der Waals surface area contributed by atoms with Gasteiger partial charge in [0.2, 0.25) is 0 Å². The third kappa shape index (κ3) is 31.7. The van der Waals surface area contributed by atoms with E-state index in [1.54, 1.807) is 0 Å². The van der Waals surface area contributed by atoms with Gasteiger partial charge >= 0.3 is 15.6 Å². The van der Waals surface area contributed by atoms with Crippen molar-refractivity contribution in [2.24, 2.45) is 0 Å². The molecule has 0 saturated carbocycles. The van der Waals surface area contributed by atoms with Crippen LogP contribution in [0.3, 0.4) is 0 Å². The molecule has 10 heteroatoms. The molecule has 0 atom stereocenters. The second kappa shape index (κ2) is 34.6. The Morgan fingerprint density at radius 2 is 0.689 bits per heavy atom. The van der Waals surface area contributed by atoms with Crippen LogP contribution in [0.1, 0.15) is 278 Å². The highest BCUT2D eigenvalue weighted by Crippen LogP contribution is 2.54. The van der Waals surface area contributed by atoms with Gasteiger partial charge in [0.1, 0.15) is 5.75 Å². The van der Waals surface area contributed by atoms with Gasteiger partial charge in [-0.05, 0) is 41.4 Å². The molecule has 1 aromatic rings. The van der Waals surface area contributed by atoms with Crippen molar-refractivity contribution in [3.8, 4) is 5.75 Å². The largest absolute Gasteiger partial charge is 0.530 e. The van der Waals surface area contributed by atoms with Gasteiger partial charge in [-0.1, -0.05) is 248 Å². The Morgan fingerprint density at radius 1 is 0.426 bits per heavy atom. The predicted octanol–water partition coefficient (Wildman–Crippen LogP) is 17.9. The van der Waals surface area contributed by atoms with Crippen LogP contribution in [0.25, 0.3) is 0 Å². The highest BCUT2D eigenvalue weighted by molar-refractivity contribution is 7.49. The van der Waals surface area contributed by atoms with Crippen LogP contribution in [-0.2, 0) is 40.1 Å². The first-order valence-corrected chi connectivity index (χ1v) is 28.5. The summed E-state index contributed by atoms with van der Waals surface area (Å²) in [6.07, 6.45) is 40.9. The highest BCUT2D eigenvalue weighted by atomic mass is 31.2. The Bertz CT molecular complexity index is 1220. The van der Waals surface area contributed by atoms with Crippen LogP contribution in [0.4, 0.5) is 0 Å². The van der Waals surface area contributed by atoms with Gasteiger partial charge in [-0.3, -0.25) is 13.6 Å². The molecule has 8 nitrogen and oxygen atoms in total. The zero-order chi connectivity index (χ0) is 45.3. The Morgan fingerprint density at radius 3 is 0.934 bits per heavy atom. The van der Waals surface area contributed by atoms with Crippen LogP contribution in [0.2, 0.25) is 0 Å². The lowest BCUT2D eigenvalue weighted by Gasteiger charge is -2.32. The molecule has 0 saturated heterocycles. The van der Waals surface area contributed by atoms with Crippen molar-refractivity contribution < 1.29 is 37.0 Å². The normalized spacial score (nSPS) is 12.8. The zero-order valence-corrected chi connectivity index (χ0v) is 42.9. The van der Waals surface area contributed by atoms with E-state index in [2.05, 4.69) is 13.8 Å². The van der Waals surface area contributed by atoms with Crippen LogP contribution in [0.5, 0.6) is 5.75 Å². The number of unbranched alkanes of at least 4 members (excludes halogenated alkanes) is 30. The monoisotopic (exact) mass is 901 g/mol. The molecular weight excluding hydrogens is 803 g/mol. The van der Waals surface area contributed by atoms with E-state index >= 15 is 0 Å². The zero-order valence-electron chi connectivity index (χ0n) is 41.1. The van der Waals surface area contributed by atoms with E-state index in [1.165, 1.54) is 167 Å². The van der Waals surface area contributed by atoms with E-state index in [4.69, 9.17) is 18.1 Å². The van der Waals surface area contributed by atoms with E-state index in [0.717, 1.165) is 49.7 Å². The van der Waals surface area contributed by atoms with Crippen molar-refractivity contribution >= 4 is 15.6 Å². The van der Waals surface area contributed by atoms with E-state index in [1.807, 2.05) is 53.7 Å². The summed E-state index contributed by atoms with van der Waals surface area (Å²) in [6.45, 7) is 17.1. The number of rotatable bonds is 41. The van der Waals surface area contributed by atoms with Gasteiger partial charge in [-0.2, -0.15) is 0 Å². The van der Waals surface area contributed by atoms with Crippen LogP contribution in [0, 0.1) is 0 Å². The Kier molecular flexibility index (Phi) is 33.1. The van der Waals surface area contributed by atoms with E-state index in [-0.39, 0.29) is 6.61 Å². The highest BCUT2D eigenvalue weighted by Gasteiger charge is 2.36. The third-order valence-corrected chi connectivity index (χ3v) is 13.7. The predicted molar refractivity (Wildman–Crippen MR) is 260 cm³/mol. The fourth-order valence-electron chi connectivity index (χ4n) is 8.00. The van der Waals surface area contributed by atoms with Crippen LogP contribution in [0.15, 0.2) is 12.1 Å². The van der Waals surface area contributed by atoms with Gasteiger partial charge in [-0.15, -0.1) is 0 Å². The average molecular weight is 901 g/mol. The van der Waals surface area contributed by atoms with Gasteiger partial charge in [0, 0.05) is 11.1 Å². The van der Waals surface area contributed by atoms with E-state index in [0.29, 0.717) is 24.5 Å². The van der Waals surface area contributed by atoms with E-state index in [9.17, 15) is 18.9 Å². The molecule has 1 rings (SSSR count). The Hall–Kier alpha value is -0.720. The molecule has 0 bridgehead atoms. The fraction of sp³-hybridized carbons (Fsp3) is 0.882. The molecule has 0 aromatic heterocycles. The summed E-state index contributed by atoms with van der Waals surface area (Å²) in [5.41, 5.74) is 1.19. The minimum absolute atomic E-state index is 0.264. The van der Waals surface area contributed by atoms with Crippen LogP contribution >= 0.6 is 15.6 Å². The first-order chi connectivity index (χ1) is 29.0. The lowest BCUT2D eigenvalue weighted by atomic mass is 9.78. The van der Waals surface area contributed by atoms with Gasteiger partial charge in [0.05, 0.1) is 19.8 Å². The van der Waals surface area contributed by atoms with Gasteiger partial charge in [-0.25, -0.2) is 9.13 Å². The Balaban J connectivity index is 2.73. The molecule has 2 N–H and O–H groups in total. The van der Waals surface area contributed by atoms with E-state index < -0.39 is 26.5 Å². The number of phosphoric acid groups is 2. The van der Waals surface area contributed by atoms with Crippen LogP contribution < -0.4 is 4.52 Å². The second-order valence-corrected chi connectivity index (χ2v) is 22.9. The average Bonchev–Trinajstić information content (AvgIpc) is 3.18. The lowest BCUT2D eigenvalue weighted by Crippen LogP contribution is -2.21. The molecule has 0 aliphatic heterocycles. The molecule has 0 radical (unpaired) electrons. The van der Waals surface area contributed by atoms with Crippen LogP contribution in [-0.4, -0.2) is 23.0 Å². The SMILES string of the molecule is CCCCCCCCCCCCCCCCCCOP(=O)(OCCCCCCCCCCCCCCCCCC)Oc1c(C(C)(C)C)cc(COP(=O)(O)O)cc1C(C)(C)C. The number of phosphoric ester groups is 2. The minimum atomic E-state index is -4.68. The van der Waals surface area contributed by atoms with Crippen molar-refractivity contribution in [1.82, 2.24) is 0 Å². The molecule has 0 amide bonds. The van der Waals surface area contributed by atoms with Gasteiger partial charge in [0.25, 0.3) is 0 Å². The molecule has 360 valence electrons. The molecule has 0 unspecified atom stereocenters. The fourth-order valence-corrected chi connectivity index (χ4v) is 9.62. The smallest absolute Gasteiger partial charge is 0.403 e. The maximum absolute atomic E-state index is 14.6. The molecule has 1 aromatic carbocycles. The molecule has 0 spiro atoms. The van der Waals surface area contributed by atoms with Gasteiger partial charge in [0.15, 0.2) is 0 Å². The quantitative estimate of drug-likeness (QED) is 0.0494. The number of hydrogen-bond acceptors (Lipinski definition) is 6. The maximum atomic E-state index is 14.6. The molecular formula is C51H98O8P2. The minimum Gasteiger partial charge on any atom is -0.403 e. The molecule has 0 fully saturated rings. The molecule has 61 heavy (non-hydrogen) atoms. The van der Waals surface area contributed by atoms with Crippen molar-refractivity contribution in [2.45, 2.75) is 278 Å².